The van der Waals surface area contributed by atoms with Crippen LogP contribution in [-0.2, 0) is 20.8 Å². The van der Waals surface area contributed by atoms with Gasteiger partial charge in [0.25, 0.3) is 0 Å². The van der Waals surface area contributed by atoms with E-state index in [1.807, 2.05) is 24.3 Å². The summed E-state index contributed by atoms with van der Waals surface area (Å²) in [7, 11) is 1.60. The highest BCUT2D eigenvalue weighted by atomic mass is 19.1. The second-order valence-electron chi connectivity index (χ2n) is 10.2. The molecule has 214 valence electrons. The van der Waals surface area contributed by atoms with Gasteiger partial charge in [0.05, 0.1) is 19.0 Å². The lowest BCUT2D eigenvalue weighted by Gasteiger charge is -2.37. The van der Waals surface area contributed by atoms with Crippen molar-refractivity contribution in [3.8, 4) is 5.75 Å². The van der Waals surface area contributed by atoms with E-state index >= 15 is 4.39 Å². The summed E-state index contributed by atoms with van der Waals surface area (Å²) in [4.78, 5) is 37.2. The number of aromatic carboxylic acids is 1. The van der Waals surface area contributed by atoms with Gasteiger partial charge in [-0.1, -0.05) is 24.3 Å². The number of fused-ring (bicyclic) bond motifs is 1. The molecule has 0 spiro atoms. The lowest BCUT2D eigenvalue weighted by Crippen LogP contribution is -2.51. The first-order valence-electron chi connectivity index (χ1n) is 12.9. The van der Waals surface area contributed by atoms with Crippen LogP contribution in [0.3, 0.4) is 0 Å². The molecule has 2 unspecified atom stereocenters. The second kappa shape index (κ2) is 10.4. The van der Waals surface area contributed by atoms with Crippen LogP contribution in [0.1, 0.15) is 60.2 Å². The van der Waals surface area contributed by atoms with Gasteiger partial charge in [-0.15, -0.1) is 0 Å². The molecule has 1 saturated heterocycles. The SMILES string of the molecule is COc1cccc(CNc2ncnc3c2ncn3C2O[C@H](c3cccc(C(=O)O)c3C)C(C)(OC(C)=O)[C@@]2(C)F)c1. The van der Waals surface area contributed by atoms with Crippen LogP contribution in [0.4, 0.5) is 10.2 Å². The number of carboxylic acid groups (broad SMARTS) is 1. The molecular weight excluding hydrogens is 533 g/mol. The van der Waals surface area contributed by atoms with Gasteiger partial charge < -0.3 is 24.6 Å². The topological polar surface area (TPSA) is 138 Å². The van der Waals surface area contributed by atoms with Crippen LogP contribution >= 0.6 is 0 Å². The number of hydrogen-bond donors (Lipinski definition) is 2. The molecule has 4 atom stereocenters. The first kappa shape index (κ1) is 28.0. The molecule has 5 rings (SSSR count). The van der Waals surface area contributed by atoms with Crippen LogP contribution < -0.4 is 10.1 Å². The molecule has 0 aliphatic carbocycles. The van der Waals surface area contributed by atoms with Crippen molar-refractivity contribution in [2.75, 3.05) is 12.4 Å². The number of aromatic nitrogens is 4. The molecule has 4 aromatic rings. The van der Waals surface area contributed by atoms with E-state index in [0.29, 0.717) is 34.7 Å². The van der Waals surface area contributed by atoms with Crippen molar-refractivity contribution >= 4 is 28.9 Å². The largest absolute Gasteiger partial charge is 0.497 e. The Bertz CT molecular complexity index is 1640. The lowest BCUT2D eigenvalue weighted by molar-refractivity contribution is -0.174. The molecule has 11 nitrogen and oxygen atoms in total. The summed E-state index contributed by atoms with van der Waals surface area (Å²) in [6, 6.07) is 12.2. The fourth-order valence-corrected chi connectivity index (χ4v) is 5.33. The third-order valence-corrected chi connectivity index (χ3v) is 7.65. The van der Waals surface area contributed by atoms with Gasteiger partial charge in [0, 0.05) is 13.5 Å². The Morgan fingerprint density at radius 3 is 2.63 bits per heavy atom. The molecule has 3 heterocycles. The summed E-state index contributed by atoms with van der Waals surface area (Å²) in [5, 5.41) is 12.9. The van der Waals surface area contributed by atoms with E-state index in [1.165, 1.54) is 44.1 Å². The van der Waals surface area contributed by atoms with E-state index in [9.17, 15) is 14.7 Å². The molecule has 0 bridgehead atoms. The zero-order valence-electron chi connectivity index (χ0n) is 23.2. The van der Waals surface area contributed by atoms with Gasteiger partial charge in [-0.05, 0) is 55.7 Å². The molecule has 0 amide bonds. The third-order valence-electron chi connectivity index (χ3n) is 7.65. The standard InChI is InChI=1S/C29H30FN5O6/c1-16-20(10-7-11-21(16)26(37)38)23-29(4,41-17(2)36)28(3,30)27(40-23)35-15-34-22-24(32-14-33-25(22)35)31-13-18-8-6-9-19(12-18)39-5/h6-12,14-15,23,27H,13H2,1-5H3,(H,37,38)(H,31,32,33)/t23-,27?,28+,29?/m1/s1. The van der Waals surface area contributed by atoms with Gasteiger partial charge >= 0.3 is 11.9 Å². The fraction of sp³-hybridized carbons (Fsp3) is 0.345. The van der Waals surface area contributed by atoms with E-state index in [0.717, 1.165) is 11.3 Å². The van der Waals surface area contributed by atoms with E-state index in [-0.39, 0.29) is 5.56 Å². The number of esters is 1. The van der Waals surface area contributed by atoms with E-state index < -0.39 is 35.5 Å². The number of carboxylic acids is 1. The summed E-state index contributed by atoms with van der Waals surface area (Å²) in [5.41, 5.74) is -1.70. The van der Waals surface area contributed by atoms with Crippen LogP contribution in [0.2, 0.25) is 0 Å². The number of anilines is 1. The monoisotopic (exact) mass is 563 g/mol. The normalized spacial score (nSPS) is 23.9. The van der Waals surface area contributed by atoms with Crippen LogP contribution in [0.15, 0.2) is 55.1 Å². The summed E-state index contributed by atoms with van der Waals surface area (Å²) < 4.78 is 35.7. The Kier molecular flexibility index (Phi) is 7.12. The highest BCUT2D eigenvalue weighted by Gasteiger charge is 2.67. The lowest BCUT2D eigenvalue weighted by atomic mass is 9.80. The average Bonchev–Trinajstić information content (AvgIpc) is 3.44. The maximum atomic E-state index is 17.0. The number of methoxy groups -OCH3 is 1. The molecule has 2 N–H and O–H groups in total. The number of ether oxygens (including phenoxy) is 3. The number of imidazole rings is 1. The molecule has 12 heteroatoms. The summed E-state index contributed by atoms with van der Waals surface area (Å²) in [5.74, 6) is -0.696. The highest BCUT2D eigenvalue weighted by Crippen LogP contribution is 2.57. The third kappa shape index (κ3) is 4.73. The van der Waals surface area contributed by atoms with Crippen molar-refractivity contribution in [3.63, 3.8) is 0 Å². The fourth-order valence-electron chi connectivity index (χ4n) is 5.33. The quantitative estimate of drug-likeness (QED) is 0.288. The average molecular weight is 564 g/mol. The number of hydrogen-bond acceptors (Lipinski definition) is 9. The summed E-state index contributed by atoms with van der Waals surface area (Å²) in [6.07, 6.45) is 0.254. The van der Waals surface area contributed by atoms with Crippen molar-refractivity contribution in [2.45, 2.75) is 57.8 Å². The number of nitrogens with one attached hydrogen (secondary N) is 1. The van der Waals surface area contributed by atoms with Gasteiger partial charge in [-0.2, -0.15) is 0 Å². The van der Waals surface area contributed by atoms with Gasteiger partial charge in [-0.3, -0.25) is 9.36 Å². The Hall–Kier alpha value is -4.58. The smallest absolute Gasteiger partial charge is 0.335 e. The minimum atomic E-state index is -2.30. The Balaban J connectivity index is 1.54. The Labute approximate surface area is 235 Å². The minimum absolute atomic E-state index is 0.0351. The number of carbonyl (C=O) groups is 2. The maximum absolute atomic E-state index is 17.0. The highest BCUT2D eigenvalue weighted by molar-refractivity contribution is 5.89. The number of rotatable bonds is 8. The van der Waals surface area contributed by atoms with Gasteiger partial charge in [0.1, 0.15) is 18.2 Å². The zero-order chi connectivity index (χ0) is 29.5. The summed E-state index contributed by atoms with van der Waals surface area (Å²) >= 11 is 0. The van der Waals surface area contributed by atoms with Crippen LogP contribution in [0.5, 0.6) is 5.75 Å². The molecule has 2 aromatic heterocycles. The minimum Gasteiger partial charge on any atom is -0.497 e. The summed E-state index contributed by atoms with van der Waals surface area (Å²) in [6.45, 7) is 5.95. The van der Waals surface area contributed by atoms with Crippen molar-refractivity contribution in [3.05, 3.63) is 77.4 Å². The zero-order valence-corrected chi connectivity index (χ0v) is 23.2. The van der Waals surface area contributed by atoms with E-state index in [1.54, 1.807) is 26.2 Å². The number of nitrogens with zero attached hydrogens (tertiary/aromatic N) is 4. The van der Waals surface area contributed by atoms with Crippen LogP contribution in [0.25, 0.3) is 11.2 Å². The van der Waals surface area contributed by atoms with Gasteiger partial charge in [0.15, 0.2) is 34.5 Å². The maximum Gasteiger partial charge on any atom is 0.335 e. The predicted octanol–water partition coefficient (Wildman–Crippen LogP) is 4.77. The van der Waals surface area contributed by atoms with Crippen molar-refractivity contribution < 1.29 is 33.3 Å². The molecule has 1 aliphatic rings. The molecule has 2 aromatic carbocycles. The van der Waals surface area contributed by atoms with Gasteiger partial charge in [-0.25, -0.2) is 24.1 Å². The van der Waals surface area contributed by atoms with Gasteiger partial charge in [0.2, 0.25) is 0 Å². The van der Waals surface area contributed by atoms with Crippen LogP contribution in [0, 0.1) is 6.92 Å². The molecule has 1 fully saturated rings. The van der Waals surface area contributed by atoms with Crippen LogP contribution in [-0.4, -0.2) is 54.9 Å². The first-order chi connectivity index (χ1) is 19.5. The first-order valence-corrected chi connectivity index (χ1v) is 12.9. The molecular formula is C29H30FN5O6. The van der Waals surface area contributed by atoms with E-state index in [4.69, 9.17) is 14.2 Å². The Morgan fingerprint density at radius 2 is 1.93 bits per heavy atom. The van der Waals surface area contributed by atoms with E-state index in [2.05, 4.69) is 20.3 Å². The van der Waals surface area contributed by atoms with Crippen molar-refractivity contribution in [1.82, 2.24) is 19.5 Å². The molecule has 0 radical (unpaired) electrons. The number of benzene rings is 2. The molecule has 41 heavy (non-hydrogen) atoms. The number of halogens is 1. The van der Waals surface area contributed by atoms with Crippen molar-refractivity contribution in [1.29, 1.82) is 0 Å². The predicted molar refractivity (Wildman–Crippen MR) is 146 cm³/mol. The number of alkyl halides is 1. The Morgan fingerprint density at radius 1 is 1.17 bits per heavy atom. The number of carbonyl (C=O) groups excluding carboxylic acids is 1. The second-order valence-corrected chi connectivity index (χ2v) is 10.2. The molecule has 0 saturated carbocycles. The van der Waals surface area contributed by atoms with Crippen molar-refractivity contribution in [2.24, 2.45) is 0 Å². The molecule has 1 aliphatic heterocycles.